The molecule has 3 aliphatic heterocycles. The van der Waals surface area contributed by atoms with Crippen molar-refractivity contribution in [3.8, 4) is 11.8 Å². The van der Waals surface area contributed by atoms with Gasteiger partial charge >= 0.3 is 0 Å². The van der Waals surface area contributed by atoms with Gasteiger partial charge in [-0.3, -0.25) is 9.69 Å². The second-order valence-corrected chi connectivity index (χ2v) is 10.4. The first kappa shape index (κ1) is 24.9. The number of aliphatic hydroxyl groups excluding tert-OH is 1. The van der Waals surface area contributed by atoms with Crippen molar-refractivity contribution in [2.75, 3.05) is 72.1 Å². The Morgan fingerprint density at radius 3 is 2.68 bits per heavy atom. The summed E-state index contributed by atoms with van der Waals surface area (Å²) in [6.07, 6.45) is 2.52. The van der Waals surface area contributed by atoms with E-state index >= 15 is 0 Å². The van der Waals surface area contributed by atoms with Crippen LogP contribution in [0.5, 0.6) is 5.75 Å². The molecule has 0 saturated carbocycles. The second kappa shape index (κ2) is 11.5. The molecule has 0 radical (unpaired) electrons. The van der Waals surface area contributed by atoms with E-state index in [0.29, 0.717) is 17.2 Å². The number of aliphatic hydroxyl groups is 1. The minimum Gasteiger partial charge on any atom is -0.491 e. The summed E-state index contributed by atoms with van der Waals surface area (Å²) in [5.74, 6) is 1.50. The van der Waals surface area contributed by atoms with Gasteiger partial charge in [-0.05, 0) is 74.5 Å². The monoisotopic (exact) mass is 469 g/mol. The van der Waals surface area contributed by atoms with Gasteiger partial charge in [0, 0.05) is 52.7 Å². The first-order valence-corrected chi connectivity index (χ1v) is 12.7. The first-order valence-electron chi connectivity index (χ1n) is 12.7. The average Bonchev–Trinajstić information content (AvgIpc) is 2.83. The zero-order valence-corrected chi connectivity index (χ0v) is 20.4. The molecule has 3 unspecified atom stereocenters. The minimum atomic E-state index is -0.520. The maximum atomic E-state index is 11.5. The van der Waals surface area contributed by atoms with Crippen LogP contribution in [0.4, 0.5) is 0 Å². The number of benzene rings is 1. The van der Waals surface area contributed by atoms with Crippen LogP contribution >= 0.6 is 0 Å². The lowest BCUT2D eigenvalue weighted by Crippen LogP contribution is -2.59. The standard InChI is InChI=1S/C26H39N5O3/c1-21(32)31-11-9-29(10-12-31)7-2-8-30-17-23-13-26(20-30,19-28-16-23)14-24(33)18-34-25-5-3-22(15-27)4-6-25/h3-6,23-24,28,33H,2,7-14,16-20H2,1H3. The molecular formula is C26H39N5O3. The van der Waals surface area contributed by atoms with E-state index in [0.717, 1.165) is 84.7 Å². The highest BCUT2D eigenvalue weighted by Crippen LogP contribution is 2.39. The Morgan fingerprint density at radius 2 is 1.97 bits per heavy atom. The molecule has 3 atom stereocenters. The summed E-state index contributed by atoms with van der Waals surface area (Å²) in [5.41, 5.74) is 0.688. The van der Waals surface area contributed by atoms with E-state index in [1.807, 2.05) is 4.90 Å². The van der Waals surface area contributed by atoms with Gasteiger partial charge in [0.1, 0.15) is 12.4 Å². The van der Waals surface area contributed by atoms with E-state index in [1.54, 1.807) is 31.2 Å². The zero-order valence-electron chi connectivity index (χ0n) is 20.4. The quantitative estimate of drug-likeness (QED) is 0.561. The van der Waals surface area contributed by atoms with Crippen molar-refractivity contribution in [3.63, 3.8) is 0 Å². The fourth-order valence-corrected chi connectivity index (χ4v) is 6.02. The molecule has 8 nitrogen and oxygen atoms in total. The van der Waals surface area contributed by atoms with Crippen LogP contribution in [0.15, 0.2) is 24.3 Å². The van der Waals surface area contributed by atoms with Gasteiger partial charge in [-0.15, -0.1) is 0 Å². The van der Waals surface area contributed by atoms with Crippen molar-refractivity contribution in [1.29, 1.82) is 5.26 Å². The SMILES string of the molecule is CC(=O)N1CCN(CCCN2CC3CNCC(CC(O)COc4ccc(C#N)cc4)(C3)C2)CC1. The van der Waals surface area contributed by atoms with Gasteiger partial charge in [0.15, 0.2) is 0 Å². The van der Waals surface area contributed by atoms with Crippen molar-refractivity contribution in [1.82, 2.24) is 20.0 Å². The number of carbonyl (C=O) groups is 1. The number of piperazine rings is 1. The van der Waals surface area contributed by atoms with Gasteiger partial charge in [-0.1, -0.05) is 0 Å². The Morgan fingerprint density at radius 1 is 1.24 bits per heavy atom. The third-order valence-electron chi connectivity index (χ3n) is 7.59. The number of piperidine rings is 2. The van der Waals surface area contributed by atoms with Crippen LogP contribution in [0.1, 0.15) is 31.7 Å². The molecule has 186 valence electrons. The topological polar surface area (TPSA) is 92.1 Å². The predicted molar refractivity (Wildman–Crippen MR) is 130 cm³/mol. The number of fused-ring (bicyclic) bond motifs is 2. The van der Waals surface area contributed by atoms with Gasteiger partial charge in [0.2, 0.25) is 5.91 Å². The molecule has 2 N–H and O–H groups in total. The summed E-state index contributed by atoms with van der Waals surface area (Å²) in [7, 11) is 0. The zero-order chi connectivity index (χ0) is 24.0. The third kappa shape index (κ3) is 6.70. The maximum absolute atomic E-state index is 11.5. The number of ether oxygens (including phenoxy) is 1. The van der Waals surface area contributed by atoms with E-state index in [1.165, 1.54) is 0 Å². The van der Waals surface area contributed by atoms with E-state index < -0.39 is 6.10 Å². The summed E-state index contributed by atoms with van der Waals surface area (Å²) < 4.78 is 5.80. The van der Waals surface area contributed by atoms with Crippen LogP contribution in [0, 0.1) is 22.7 Å². The Kier molecular flexibility index (Phi) is 8.43. The molecule has 34 heavy (non-hydrogen) atoms. The Balaban J connectivity index is 1.22. The van der Waals surface area contributed by atoms with Gasteiger partial charge in [-0.2, -0.15) is 5.26 Å². The van der Waals surface area contributed by atoms with E-state index in [-0.39, 0.29) is 17.9 Å². The molecule has 2 bridgehead atoms. The molecule has 3 heterocycles. The van der Waals surface area contributed by atoms with Gasteiger partial charge < -0.3 is 25.0 Å². The normalized spacial score (nSPS) is 26.6. The lowest BCUT2D eigenvalue weighted by atomic mass is 9.69. The number of amides is 1. The largest absolute Gasteiger partial charge is 0.491 e. The van der Waals surface area contributed by atoms with Crippen molar-refractivity contribution >= 4 is 5.91 Å². The van der Waals surface area contributed by atoms with Crippen LogP contribution in [0.25, 0.3) is 0 Å². The Labute approximate surface area is 203 Å². The maximum Gasteiger partial charge on any atom is 0.219 e. The highest BCUT2D eigenvalue weighted by Gasteiger charge is 2.43. The molecule has 0 aliphatic carbocycles. The number of likely N-dealkylation sites (tertiary alicyclic amines) is 1. The molecule has 4 rings (SSSR count). The number of hydrogen-bond acceptors (Lipinski definition) is 7. The van der Waals surface area contributed by atoms with Crippen LogP contribution < -0.4 is 10.1 Å². The molecule has 8 heteroatoms. The van der Waals surface area contributed by atoms with E-state index in [2.05, 4.69) is 21.2 Å². The molecule has 1 aromatic carbocycles. The van der Waals surface area contributed by atoms with Crippen molar-refractivity contribution in [2.45, 2.75) is 32.3 Å². The van der Waals surface area contributed by atoms with Crippen LogP contribution in [0.3, 0.4) is 0 Å². The highest BCUT2D eigenvalue weighted by molar-refractivity contribution is 5.73. The molecule has 1 aromatic rings. The molecule has 3 fully saturated rings. The fraction of sp³-hybridized carbons (Fsp3) is 0.692. The molecule has 0 aromatic heterocycles. The number of hydrogen-bond donors (Lipinski definition) is 2. The number of nitrogens with zero attached hydrogens (tertiary/aromatic N) is 4. The third-order valence-corrected chi connectivity index (χ3v) is 7.59. The van der Waals surface area contributed by atoms with Gasteiger partial charge in [0.05, 0.1) is 17.7 Å². The van der Waals surface area contributed by atoms with E-state index in [9.17, 15) is 9.90 Å². The van der Waals surface area contributed by atoms with Crippen LogP contribution in [0.2, 0.25) is 0 Å². The van der Waals surface area contributed by atoms with Crippen LogP contribution in [-0.4, -0.2) is 104 Å². The smallest absolute Gasteiger partial charge is 0.219 e. The Bertz CT molecular complexity index is 849. The molecule has 1 amide bonds. The van der Waals surface area contributed by atoms with Gasteiger partial charge in [0.25, 0.3) is 0 Å². The van der Waals surface area contributed by atoms with E-state index in [4.69, 9.17) is 10.00 Å². The minimum absolute atomic E-state index is 0.0850. The summed E-state index contributed by atoms with van der Waals surface area (Å²) in [6, 6.07) is 9.14. The lowest BCUT2D eigenvalue weighted by molar-refractivity contribution is -0.130. The number of nitrogens with one attached hydrogen (secondary N) is 1. The predicted octanol–water partition coefficient (Wildman–Crippen LogP) is 1.15. The summed E-state index contributed by atoms with van der Waals surface area (Å²) in [6.45, 7) is 11.9. The highest BCUT2D eigenvalue weighted by atomic mass is 16.5. The molecule has 3 aliphatic rings. The number of carbonyl (C=O) groups excluding carboxylic acids is 1. The Hall–Kier alpha value is -2.18. The van der Waals surface area contributed by atoms with Crippen LogP contribution in [-0.2, 0) is 4.79 Å². The van der Waals surface area contributed by atoms with Crippen molar-refractivity contribution < 1.29 is 14.6 Å². The lowest BCUT2D eigenvalue weighted by Gasteiger charge is -2.51. The van der Waals surface area contributed by atoms with Gasteiger partial charge in [-0.25, -0.2) is 0 Å². The van der Waals surface area contributed by atoms with Crippen molar-refractivity contribution in [2.24, 2.45) is 11.3 Å². The molecule has 3 saturated heterocycles. The first-order chi connectivity index (χ1) is 16.4. The summed E-state index contributed by atoms with van der Waals surface area (Å²) in [5, 5.41) is 23.3. The number of nitriles is 1. The molecule has 0 spiro atoms. The molecular weight excluding hydrogens is 430 g/mol. The summed E-state index contributed by atoms with van der Waals surface area (Å²) in [4.78, 5) is 18.5. The van der Waals surface area contributed by atoms with Crippen molar-refractivity contribution in [3.05, 3.63) is 29.8 Å². The second-order valence-electron chi connectivity index (χ2n) is 10.4. The summed E-state index contributed by atoms with van der Waals surface area (Å²) >= 11 is 0. The number of rotatable bonds is 9. The average molecular weight is 470 g/mol. The fourth-order valence-electron chi connectivity index (χ4n) is 6.02.